The molecular weight excluding hydrogens is 248 g/mol. The highest BCUT2D eigenvalue weighted by molar-refractivity contribution is 6.33. The van der Waals surface area contributed by atoms with E-state index in [1.807, 2.05) is 12.1 Å². The first kappa shape index (κ1) is 11.8. The minimum Gasteiger partial charge on any atom is -0.374 e. The number of hydrogen-bond acceptors (Lipinski definition) is 3. The summed E-state index contributed by atoms with van der Waals surface area (Å²) < 4.78 is 5.80. The normalized spacial score (nSPS) is 26.8. The fraction of sp³-hybridized carbons (Fsp3) is 0.500. The molecule has 1 aliphatic heterocycles. The second-order valence-corrected chi connectivity index (χ2v) is 5.29. The lowest BCUT2D eigenvalue weighted by atomic mass is 10.1. The summed E-state index contributed by atoms with van der Waals surface area (Å²) in [7, 11) is 0. The van der Waals surface area contributed by atoms with E-state index in [2.05, 4.69) is 11.0 Å². The lowest BCUT2D eigenvalue weighted by Gasteiger charge is -2.39. The quantitative estimate of drug-likeness (QED) is 0.781. The Morgan fingerprint density at radius 3 is 3.06 bits per heavy atom. The highest BCUT2D eigenvalue weighted by atomic mass is 35.5. The Labute approximate surface area is 112 Å². The molecule has 0 radical (unpaired) electrons. The zero-order valence-corrected chi connectivity index (χ0v) is 10.9. The smallest absolute Gasteiger partial charge is 0.0992 e. The molecule has 1 saturated carbocycles. The van der Waals surface area contributed by atoms with E-state index in [4.69, 9.17) is 21.6 Å². The number of nitriles is 1. The second kappa shape index (κ2) is 4.79. The minimum atomic E-state index is 0.352. The average Bonchev–Trinajstić information content (AvgIpc) is 2.87. The number of morpholine rings is 1. The first-order valence-electron chi connectivity index (χ1n) is 6.37. The number of halogens is 1. The molecule has 2 unspecified atom stereocenters. The van der Waals surface area contributed by atoms with Crippen LogP contribution in [0.1, 0.15) is 24.8 Å². The van der Waals surface area contributed by atoms with Crippen molar-refractivity contribution in [1.82, 2.24) is 0 Å². The van der Waals surface area contributed by atoms with E-state index >= 15 is 0 Å². The van der Waals surface area contributed by atoms with E-state index in [1.165, 1.54) is 12.8 Å². The fourth-order valence-corrected chi connectivity index (χ4v) is 3.32. The third-order valence-electron chi connectivity index (χ3n) is 3.87. The van der Waals surface area contributed by atoms with Gasteiger partial charge in [-0.3, -0.25) is 0 Å². The van der Waals surface area contributed by atoms with E-state index in [1.54, 1.807) is 6.07 Å². The van der Waals surface area contributed by atoms with Crippen molar-refractivity contribution in [1.29, 1.82) is 5.26 Å². The maximum Gasteiger partial charge on any atom is 0.0992 e. The Kier molecular flexibility index (Phi) is 3.15. The number of nitrogens with zero attached hydrogens (tertiary/aromatic N) is 2. The molecule has 2 aliphatic rings. The van der Waals surface area contributed by atoms with E-state index in [9.17, 15) is 0 Å². The van der Waals surface area contributed by atoms with Gasteiger partial charge in [0.2, 0.25) is 0 Å². The molecule has 0 N–H and O–H groups in total. The van der Waals surface area contributed by atoms with Gasteiger partial charge in [-0.1, -0.05) is 11.6 Å². The third kappa shape index (κ3) is 1.96. The molecule has 2 fully saturated rings. The van der Waals surface area contributed by atoms with Gasteiger partial charge in [0.15, 0.2) is 0 Å². The van der Waals surface area contributed by atoms with Gasteiger partial charge in [-0.2, -0.15) is 5.26 Å². The van der Waals surface area contributed by atoms with Gasteiger partial charge in [-0.25, -0.2) is 0 Å². The van der Waals surface area contributed by atoms with E-state index in [-0.39, 0.29) is 0 Å². The van der Waals surface area contributed by atoms with Crippen LogP contribution >= 0.6 is 11.6 Å². The Morgan fingerprint density at radius 2 is 2.28 bits per heavy atom. The highest BCUT2D eigenvalue weighted by Gasteiger charge is 2.36. The number of rotatable bonds is 1. The van der Waals surface area contributed by atoms with Crippen LogP contribution in [0.5, 0.6) is 0 Å². The zero-order chi connectivity index (χ0) is 12.5. The van der Waals surface area contributed by atoms with Gasteiger partial charge in [0, 0.05) is 6.54 Å². The molecule has 1 saturated heterocycles. The van der Waals surface area contributed by atoms with Gasteiger partial charge in [0.1, 0.15) is 0 Å². The van der Waals surface area contributed by atoms with Crippen molar-refractivity contribution in [3.8, 4) is 6.07 Å². The molecule has 2 atom stereocenters. The van der Waals surface area contributed by atoms with Gasteiger partial charge < -0.3 is 9.64 Å². The van der Waals surface area contributed by atoms with Gasteiger partial charge in [-0.15, -0.1) is 0 Å². The zero-order valence-electron chi connectivity index (χ0n) is 10.1. The van der Waals surface area contributed by atoms with Crippen LogP contribution in [0, 0.1) is 11.3 Å². The van der Waals surface area contributed by atoms with Crippen molar-refractivity contribution in [2.45, 2.75) is 31.4 Å². The summed E-state index contributed by atoms with van der Waals surface area (Å²) in [6.07, 6.45) is 3.89. The van der Waals surface area contributed by atoms with E-state index in [0.29, 0.717) is 22.7 Å². The topological polar surface area (TPSA) is 36.3 Å². The SMILES string of the molecule is N#Cc1ccc(N2CCOC3CCCC32)c(Cl)c1. The summed E-state index contributed by atoms with van der Waals surface area (Å²) in [6.45, 7) is 1.64. The van der Waals surface area contributed by atoms with Gasteiger partial charge in [-0.05, 0) is 37.5 Å². The fourth-order valence-electron chi connectivity index (χ4n) is 3.03. The average molecular weight is 263 g/mol. The molecule has 3 nitrogen and oxygen atoms in total. The van der Waals surface area contributed by atoms with Crippen LogP contribution in [0.25, 0.3) is 0 Å². The minimum absolute atomic E-state index is 0.352. The first-order chi connectivity index (χ1) is 8.79. The maximum atomic E-state index is 8.87. The van der Waals surface area contributed by atoms with Crippen LogP contribution in [0.4, 0.5) is 5.69 Å². The molecule has 0 aromatic heterocycles. The van der Waals surface area contributed by atoms with Crippen LogP contribution in [-0.2, 0) is 4.74 Å². The summed E-state index contributed by atoms with van der Waals surface area (Å²) in [5, 5.41) is 9.54. The van der Waals surface area contributed by atoms with Crippen LogP contribution in [-0.4, -0.2) is 25.3 Å². The number of anilines is 1. The predicted octanol–water partition coefficient (Wildman–Crippen LogP) is 2.97. The predicted molar refractivity (Wildman–Crippen MR) is 70.9 cm³/mol. The Bertz CT molecular complexity index is 497. The molecular formula is C14H15ClN2O. The molecule has 18 heavy (non-hydrogen) atoms. The van der Waals surface area contributed by atoms with Crippen molar-refractivity contribution < 1.29 is 4.74 Å². The van der Waals surface area contributed by atoms with Crippen LogP contribution in [0.2, 0.25) is 5.02 Å². The molecule has 0 spiro atoms. The van der Waals surface area contributed by atoms with Crippen molar-refractivity contribution >= 4 is 17.3 Å². The van der Waals surface area contributed by atoms with Crippen molar-refractivity contribution in [3.05, 3.63) is 28.8 Å². The molecule has 1 aromatic carbocycles. The van der Waals surface area contributed by atoms with Gasteiger partial charge in [0.05, 0.1) is 41.1 Å². The molecule has 0 bridgehead atoms. The molecule has 3 rings (SSSR count). The lowest BCUT2D eigenvalue weighted by molar-refractivity contribution is 0.0256. The molecule has 1 heterocycles. The molecule has 94 valence electrons. The summed E-state index contributed by atoms with van der Waals surface area (Å²) in [4.78, 5) is 2.35. The number of hydrogen-bond donors (Lipinski definition) is 0. The summed E-state index contributed by atoms with van der Waals surface area (Å²) in [6, 6.07) is 8.11. The summed E-state index contributed by atoms with van der Waals surface area (Å²) in [5.74, 6) is 0. The maximum absolute atomic E-state index is 8.87. The lowest BCUT2D eigenvalue weighted by Crippen LogP contribution is -2.48. The van der Waals surface area contributed by atoms with Crippen LogP contribution in [0.3, 0.4) is 0 Å². The summed E-state index contributed by atoms with van der Waals surface area (Å²) in [5.41, 5.74) is 1.65. The Morgan fingerprint density at radius 1 is 1.39 bits per heavy atom. The van der Waals surface area contributed by atoms with Gasteiger partial charge in [0.25, 0.3) is 0 Å². The van der Waals surface area contributed by atoms with Crippen LogP contribution in [0.15, 0.2) is 18.2 Å². The second-order valence-electron chi connectivity index (χ2n) is 4.88. The van der Waals surface area contributed by atoms with Crippen molar-refractivity contribution in [2.75, 3.05) is 18.1 Å². The number of ether oxygens (including phenoxy) is 1. The van der Waals surface area contributed by atoms with E-state index in [0.717, 1.165) is 25.3 Å². The number of benzene rings is 1. The van der Waals surface area contributed by atoms with Crippen molar-refractivity contribution in [2.24, 2.45) is 0 Å². The monoisotopic (exact) mass is 262 g/mol. The molecule has 0 amide bonds. The molecule has 1 aliphatic carbocycles. The Balaban J connectivity index is 1.92. The third-order valence-corrected chi connectivity index (χ3v) is 4.17. The largest absolute Gasteiger partial charge is 0.374 e. The van der Waals surface area contributed by atoms with Gasteiger partial charge >= 0.3 is 0 Å². The highest BCUT2D eigenvalue weighted by Crippen LogP contribution is 2.36. The van der Waals surface area contributed by atoms with Crippen molar-refractivity contribution in [3.63, 3.8) is 0 Å². The number of fused-ring (bicyclic) bond motifs is 1. The summed E-state index contributed by atoms with van der Waals surface area (Å²) >= 11 is 6.30. The van der Waals surface area contributed by atoms with E-state index < -0.39 is 0 Å². The molecule has 1 aromatic rings. The Hall–Kier alpha value is -1.24. The standard InChI is InChI=1S/C14H15ClN2O/c15-11-8-10(9-16)4-5-12(11)17-6-7-18-14-3-1-2-13(14)17/h4-5,8,13-14H,1-3,6-7H2. The molecule has 4 heteroatoms. The van der Waals surface area contributed by atoms with Crippen LogP contribution < -0.4 is 4.90 Å². The first-order valence-corrected chi connectivity index (χ1v) is 6.75.